The first-order chi connectivity index (χ1) is 11.7. The monoisotopic (exact) mass is 338 g/mol. The molecule has 0 aromatic heterocycles. The van der Waals surface area contributed by atoms with Crippen LogP contribution in [0.4, 0.5) is 4.79 Å². The summed E-state index contributed by atoms with van der Waals surface area (Å²) in [5.74, 6) is -0.207. The molecule has 0 atom stereocenters. The normalized spacial score (nSPS) is 20.2. The van der Waals surface area contributed by atoms with Gasteiger partial charge in [0.05, 0.1) is 13.0 Å². The minimum Gasteiger partial charge on any atom is -0.466 e. The molecule has 5 nitrogen and oxygen atoms in total. The molecule has 2 amide bonds. The van der Waals surface area contributed by atoms with Crippen molar-refractivity contribution in [2.75, 3.05) is 13.2 Å². The second kappa shape index (κ2) is 10.6. The number of rotatable bonds is 6. The van der Waals surface area contributed by atoms with Gasteiger partial charge in [-0.25, -0.2) is 4.79 Å². The lowest BCUT2D eigenvalue weighted by Gasteiger charge is -2.33. The molecule has 2 aliphatic rings. The van der Waals surface area contributed by atoms with Crippen LogP contribution in [0.1, 0.15) is 84.0 Å². The Labute approximate surface area is 146 Å². The van der Waals surface area contributed by atoms with E-state index < -0.39 is 0 Å². The van der Waals surface area contributed by atoms with E-state index in [1.807, 2.05) is 11.8 Å². The number of urea groups is 1. The standard InChI is InChI=1S/C19H34N2O3/c1-2-24-18(22)14-15-21(17-12-8-3-4-9-13-17)19(23)20-16-10-6-5-7-11-16/h16-17H,2-15H2,1H3,(H,20,23). The molecule has 0 aromatic carbocycles. The van der Waals surface area contributed by atoms with Crippen molar-refractivity contribution in [1.82, 2.24) is 10.2 Å². The van der Waals surface area contributed by atoms with Crippen LogP contribution in [0.3, 0.4) is 0 Å². The van der Waals surface area contributed by atoms with E-state index in [1.165, 1.54) is 44.9 Å². The summed E-state index contributed by atoms with van der Waals surface area (Å²) < 4.78 is 5.04. The quantitative estimate of drug-likeness (QED) is 0.588. The van der Waals surface area contributed by atoms with Crippen LogP contribution < -0.4 is 5.32 Å². The molecule has 2 aliphatic carbocycles. The van der Waals surface area contributed by atoms with E-state index >= 15 is 0 Å². The van der Waals surface area contributed by atoms with Gasteiger partial charge in [-0.2, -0.15) is 0 Å². The highest BCUT2D eigenvalue weighted by atomic mass is 16.5. The molecule has 0 radical (unpaired) electrons. The lowest BCUT2D eigenvalue weighted by atomic mass is 9.95. The lowest BCUT2D eigenvalue weighted by Crippen LogP contribution is -2.50. The third-order valence-electron chi connectivity index (χ3n) is 5.32. The van der Waals surface area contributed by atoms with E-state index in [-0.39, 0.29) is 18.0 Å². The van der Waals surface area contributed by atoms with E-state index in [2.05, 4.69) is 5.32 Å². The molecular weight excluding hydrogens is 304 g/mol. The largest absolute Gasteiger partial charge is 0.466 e. The second-order valence-corrected chi connectivity index (χ2v) is 7.18. The molecule has 24 heavy (non-hydrogen) atoms. The molecule has 0 heterocycles. The first kappa shape index (κ1) is 19.1. The molecule has 0 aliphatic heterocycles. The molecule has 138 valence electrons. The Kier molecular flexibility index (Phi) is 8.40. The molecule has 2 saturated carbocycles. The number of amides is 2. The van der Waals surface area contributed by atoms with Crippen LogP contribution in [0.15, 0.2) is 0 Å². The van der Waals surface area contributed by atoms with Gasteiger partial charge in [0.15, 0.2) is 0 Å². The summed E-state index contributed by atoms with van der Waals surface area (Å²) in [6.45, 7) is 2.69. The predicted molar refractivity (Wildman–Crippen MR) is 94.9 cm³/mol. The highest BCUT2D eigenvalue weighted by Crippen LogP contribution is 2.23. The first-order valence-electron chi connectivity index (χ1n) is 9.93. The maximum absolute atomic E-state index is 12.9. The summed E-state index contributed by atoms with van der Waals surface area (Å²) in [6, 6.07) is 0.603. The van der Waals surface area contributed by atoms with Crippen molar-refractivity contribution in [2.24, 2.45) is 0 Å². The third-order valence-corrected chi connectivity index (χ3v) is 5.32. The fourth-order valence-corrected chi connectivity index (χ4v) is 3.97. The van der Waals surface area contributed by atoms with E-state index in [0.717, 1.165) is 25.7 Å². The Morgan fingerprint density at radius 3 is 2.17 bits per heavy atom. The summed E-state index contributed by atoms with van der Waals surface area (Å²) in [5, 5.41) is 3.23. The third kappa shape index (κ3) is 6.33. The number of nitrogens with one attached hydrogen (secondary N) is 1. The van der Waals surface area contributed by atoms with Gasteiger partial charge in [0, 0.05) is 18.6 Å². The zero-order chi connectivity index (χ0) is 17.2. The lowest BCUT2D eigenvalue weighted by molar-refractivity contribution is -0.143. The van der Waals surface area contributed by atoms with Crippen molar-refractivity contribution >= 4 is 12.0 Å². The van der Waals surface area contributed by atoms with Crippen LogP contribution in [0, 0.1) is 0 Å². The van der Waals surface area contributed by atoms with Crippen LogP contribution >= 0.6 is 0 Å². The zero-order valence-corrected chi connectivity index (χ0v) is 15.2. The fourth-order valence-electron chi connectivity index (χ4n) is 3.97. The smallest absolute Gasteiger partial charge is 0.317 e. The molecule has 2 rings (SSSR count). The first-order valence-corrected chi connectivity index (χ1v) is 9.93. The van der Waals surface area contributed by atoms with E-state index in [4.69, 9.17) is 4.74 Å². The zero-order valence-electron chi connectivity index (χ0n) is 15.2. The van der Waals surface area contributed by atoms with Crippen molar-refractivity contribution in [1.29, 1.82) is 0 Å². The highest BCUT2D eigenvalue weighted by molar-refractivity contribution is 5.76. The van der Waals surface area contributed by atoms with Gasteiger partial charge in [0.1, 0.15) is 0 Å². The Morgan fingerprint density at radius 2 is 1.54 bits per heavy atom. The second-order valence-electron chi connectivity index (χ2n) is 7.18. The Bertz CT molecular complexity index is 386. The number of carbonyl (C=O) groups excluding carboxylic acids is 2. The summed E-state index contributed by atoms with van der Waals surface area (Å²) >= 11 is 0. The average Bonchev–Trinajstić information content (AvgIpc) is 2.85. The van der Waals surface area contributed by atoms with Crippen LogP contribution in [0.2, 0.25) is 0 Å². The minimum atomic E-state index is -0.207. The highest BCUT2D eigenvalue weighted by Gasteiger charge is 2.27. The van der Waals surface area contributed by atoms with Crippen molar-refractivity contribution in [3.05, 3.63) is 0 Å². The van der Waals surface area contributed by atoms with Crippen LogP contribution in [-0.4, -0.2) is 42.1 Å². The van der Waals surface area contributed by atoms with Gasteiger partial charge in [-0.15, -0.1) is 0 Å². The summed E-state index contributed by atoms with van der Waals surface area (Å²) in [7, 11) is 0. The average molecular weight is 338 g/mol. The van der Waals surface area contributed by atoms with Gasteiger partial charge in [-0.3, -0.25) is 4.79 Å². The molecule has 2 fully saturated rings. The SMILES string of the molecule is CCOC(=O)CCN(C(=O)NC1CCCCC1)C1CCCCCC1. The molecule has 0 saturated heterocycles. The van der Waals surface area contributed by atoms with Crippen LogP contribution in [0.5, 0.6) is 0 Å². The Balaban J connectivity index is 1.93. The number of hydrogen-bond donors (Lipinski definition) is 1. The van der Waals surface area contributed by atoms with E-state index in [9.17, 15) is 9.59 Å². The van der Waals surface area contributed by atoms with Crippen molar-refractivity contribution in [3.63, 3.8) is 0 Å². The molecule has 0 bridgehead atoms. The van der Waals surface area contributed by atoms with Gasteiger partial charge >= 0.3 is 12.0 Å². The molecule has 1 N–H and O–H groups in total. The molecule has 0 aromatic rings. The molecule has 5 heteroatoms. The van der Waals surface area contributed by atoms with Gasteiger partial charge in [-0.05, 0) is 32.6 Å². The number of ether oxygens (including phenoxy) is 1. The van der Waals surface area contributed by atoms with Crippen LogP contribution in [-0.2, 0) is 9.53 Å². The summed E-state index contributed by atoms with van der Waals surface area (Å²) in [5.41, 5.74) is 0. The van der Waals surface area contributed by atoms with Crippen LogP contribution in [0.25, 0.3) is 0 Å². The number of esters is 1. The van der Waals surface area contributed by atoms with Gasteiger partial charge in [0.2, 0.25) is 0 Å². The van der Waals surface area contributed by atoms with Gasteiger partial charge in [-0.1, -0.05) is 44.9 Å². The van der Waals surface area contributed by atoms with E-state index in [0.29, 0.717) is 25.6 Å². The maximum atomic E-state index is 12.9. The Morgan fingerprint density at radius 1 is 0.958 bits per heavy atom. The minimum absolute atomic E-state index is 0.0260. The van der Waals surface area contributed by atoms with Gasteiger partial charge in [0.25, 0.3) is 0 Å². The fraction of sp³-hybridized carbons (Fsp3) is 0.895. The van der Waals surface area contributed by atoms with Crippen molar-refractivity contribution in [2.45, 2.75) is 96.1 Å². The summed E-state index contributed by atoms with van der Waals surface area (Å²) in [4.78, 5) is 26.5. The Hall–Kier alpha value is -1.26. The van der Waals surface area contributed by atoms with Crippen molar-refractivity contribution in [3.8, 4) is 0 Å². The predicted octanol–water partition coefficient (Wildman–Crippen LogP) is 4.01. The van der Waals surface area contributed by atoms with E-state index in [1.54, 1.807) is 0 Å². The topological polar surface area (TPSA) is 58.6 Å². The van der Waals surface area contributed by atoms with Crippen molar-refractivity contribution < 1.29 is 14.3 Å². The van der Waals surface area contributed by atoms with Gasteiger partial charge < -0.3 is 15.0 Å². The number of hydrogen-bond acceptors (Lipinski definition) is 3. The molecule has 0 spiro atoms. The molecular formula is C19H34N2O3. The number of nitrogens with zero attached hydrogens (tertiary/aromatic N) is 1. The molecule has 0 unspecified atom stereocenters. The number of carbonyl (C=O) groups is 2. The summed E-state index contributed by atoms with van der Waals surface area (Å²) in [6.07, 6.45) is 13.1. The maximum Gasteiger partial charge on any atom is 0.317 e.